The number of amides is 1. The molecule has 9 heteroatoms. The van der Waals surface area contributed by atoms with E-state index in [1.165, 1.54) is 18.5 Å². The fourth-order valence-electron chi connectivity index (χ4n) is 2.85. The molecule has 0 bridgehead atoms. The summed E-state index contributed by atoms with van der Waals surface area (Å²) in [5.74, 6) is 2.43. The van der Waals surface area contributed by atoms with E-state index >= 15 is 0 Å². The van der Waals surface area contributed by atoms with Gasteiger partial charge in [0, 0.05) is 29.3 Å². The second-order valence-electron chi connectivity index (χ2n) is 6.26. The van der Waals surface area contributed by atoms with Crippen LogP contribution in [0, 0.1) is 5.82 Å². The molecule has 0 unspecified atom stereocenters. The first-order valence-corrected chi connectivity index (χ1v) is 9.98. The van der Waals surface area contributed by atoms with Gasteiger partial charge in [0.1, 0.15) is 18.2 Å². The smallest absolute Gasteiger partial charge is 0.251 e. The predicted molar refractivity (Wildman–Crippen MR) is 103 cm³/mol. The van der Waals surface area contributed by atoms with Gasteiger partial charge in [-0.1, -0.05) is 0 Å². The van der Waals surface area contributed by atoms with Crippen LogP contribution < -0.4 is 10.1 Å². The molecule has 1 atom stereocenters. The second-order valence-corrected chi connectivity index (χ2v) is 7.41. The Kier molecular flexibility index (Phi) is 5.52. The maximum atomic E-state index is 13.1. The first-order chi connectivity index (χ1) is 13.7. The van der Waals surface area contributed by atoms with Crippen LogP contribution in [0.1, 0.15) is 22.6 Å². The van der Waals surface area contributed by atoms with Crippen LogP contribution in [0.3, 0.4) is 0 Å². The number of aromatic nitrogens is 4. The third kappa shape index (κ3) is 4.30. The molecule has 0 spiro atoms. The van der Waals surface area contributed by atoms with E-state index in [1.54, 1.807) is 35.0 Å². The summed E-state index contributed by atoms with van der Waals surface area (Å²) in [6.45, 7) is 0.175. The molecule has 1 fully saturated rings. The van der Waals surface area contributed by atoms with Gasteiger partial charge in [0.15, 0.2) is 5.82 Å². The molecule has 1 amide bonds. The molecule has 0 radical (unpaired) electrons. The Balaban J connectivity index is 1.41. The highest BCUT2D eigenvalue weighted by molar-refractivity contribution is 7.99. The number of nitrogens with one attached hydrogen (secondary N) is 1. The number of pyridine rings is 1. The van der Waals surface area contributed by atoms with Crippen molar-refractivity contribution in [2.24, 2.45) is 0 Å². The third-order valence-corrected chi connectivity index (χ3v) is 5.43. The van der Waals surface area contributed by atoms with Crippen LogP contribution in [0.4, 0.5) is 4.39 Å². The normalized spacial score (nSPS) is 16.1. The summed E-state index contributed by atoms with van der Waals surface area (Å²) in [4.78, 5) is 16.7. The zero-order chi connectivity index (χ0) is 19.3. The summed E-state index contributed by atoms with van der Waals surface area (Å²) in [7, 11) is 0. The van der Waals surface area contributed by atoms with Crippen molar-refractivity contribution >= 4 is 17.7 Å². The molecule has 1 N–H and O–H groups in total. The third-order valence-electron chi connectivity index (χ3n) is 4.30. The summed E-state index contributed by atoms with van der Waals surface area (Å²) < 4.78 is 20.6. The van der Waals surface area contributed by atoms with E-state index in [1.807, 2.05) is 11.8 Å². The molecule has 1 saturated heterocycles. The minimum atomic E-state index is -0.321. The Morgan fingerprint density at radius 3 is 2.96 bits per heavy atom. The lowest BCUT2D eigenvalue weighted by Gasteiger charge is -2.12. The largest absolute Gasteiger partial charge is 0.473 e. The van der Waals surface area contributed by atoms with E-state index in [0.29, 0.717) is 23.0 Å². The van der Waals surface area contributed by atoms with Gasteiger partial charge in [-0.2, -0.15) is 11.8 Å². The SMILES string of the molecule is O=C(NCc1nncn1-c1ccc(F)cc1)c1ccnc(O[C@@H]2CCSC2)c1. The monoisotopic (exact) mass is 399 g/mol. The molecule has 1 aliphatic rings. The molecule has 0 aliphatic carbocycles. The van der Waals surface area contributed by atoms with Crippen LogP contribution in [0.5, 0.6) is 5.88 Å². The lowest BCUT2D eigenvalue weighted by Crippen LogP contribution is -2.25. The fourth-order valence-corrected chi connectivity index (χ4v) is 3.94. The molecule has 7 nitrogen and oxygen atoms in total. The van der Waals surface area contributed by atoms with E-state index in [-0.39, 0.29) is 24.4 Å². The van der Waals surface area contributed by atoms with Crippen LogP contribution in [-0.2, 0) is 6.54 Å². The van der Waals surface area contributed by atoms with Crippen molar-refractivity contribution in [3.8, 4) is 11.6 Å². The Morgan fingerprint density at radius 2 is 2.18 bits per heavy atom. The highest BCUT2D eigenvalue weighted by Gasteiger charge is 2.18. The maximum absolute atomic E-state index is 13.1. The number of rotatable bonds is 6. The maximum Gasteiger partial charge on any atom is 0.251 e. The molecule has 1 aliphatic heterocycles. The number of hydrogen-bond acceptors (Lipinski definition) is 6. The fraction of sp³-hybridized carbons (Fsp3) is 0.263. The van der Waals surface area contributed by atoms with Gasteiger partial charge in [0.25, 0.3) is 5.91 Å². The number of ether oxygens (including phenoxy) is 1. The summed E-state index contributed by atoms with van der Waals surface area (Å²) in [5.41, 5.74) is 1.17. The average molecular weight is 399 g/mol. The second kappa shape index (κ2) is 8.39. The molecular formula is C19H18FN5O2S. The van der Waals surface area contributed by atoms with Crippen molar-refractivity contribution in [3.05, 3.63) is 66.1 Å². The number of thioether (sulfide) groups is 1. The zero-order valence-corrected chi connectivity index (χ0v) is 15.7. The van der Waals surface area contributed by atoms with E-state index in [2.05, 4.69) is 20.5 Å². The van der Waals surface area contributed by atoms with Gasteiger partial charge in [0.2, 0.25) is 5.88 Å². The highest BCUT2D eigenvalue weighted by atomic mass is 32.2. The Bertz CT molecular complexity index is 957. The highest BCUT2D eigenvalue weighted by Crippen LogP contribution is 2.22. The topological polar surface area (TPSA) is 81.9 Å². The number of benzene rings is 1. The predicted octanol–water partition coefficient (Wildman–Crippen LogP) is 2.62. The van der Waals surface area contributed by atoms with Gasteiger partial charge in [-0.15, -0.1) is 10.2 Å². The number of nitrogens with zero attached hydrogens (tertiary/aromatic N) is 4. The molecular weight excluding hydrogens is 381 g/mol. The molecule has 0 saturated carbocycles. The van der Waals surface area contributed by atoms with Crippen LogP contribution in [0.2, 0.25) is 0 Å². The van der Waals surface area contributed by atoms with Gasteiger partial charge >= 0.3 is 0 Å². The number of halogens is 1. The van der Waals surface area contributed by atoms with Crippen molar-refractivity contribution in [3.63, 3.8) is 0 Å². The Morgan fingerprint density at radius 1 is 1.32 bits per heavy atom. The first kappa shape index (κ1) is 18.4. The van der Waals surface area contributed by atoms with Crippen molar-refractivity contribution in [2.75, 3.05) is 11.5 Å². The van der Waals surface area contributed by atoms with E-state index in [4.69, 9.17) is 4.74 Å². The standard InChI is InChI=1S/C19H18FN5O2S/c20-14-1-3-15(4-2-14)25-12-23-24-17(25)10-22-19(26)13-5-7-21-18(9-13)27-16-6-8-28-11-16/h1-5,7,9,12,16H,6,8,10-11H2,(H,22,26)/t16-/m1/s1. The summed E-state index contributed by atoms with van der Waals surface area (Å²) in [6.07, 6.45) is 4.21. The molecule has 4 rings (SSSR count). The summed E-state index contributed by atoms with van der Waals surface area (Å²) in [5, 5.41) is 10.7. The molecule has 3 heterocycles. The van der Waals surface area contributed by atoms with E-state index in [0.717, 1.165) is 17.9 Å². The zero-order valence-electron chi connectivity index (χ0n) is 14.9. The Labute approximate surface area is 165 Å². The first-order valence-electron chi connectivity index (χ1n) is 8.82. The quantitative estimate of drug-likeness (QED) is 0.686. The van der Waals surface area contributed by atoms with Crippen molar-refractivity contribution in [1.82, 2.24) is 25.1 Å². The lowest BCUT2D eigenvalue weighted by atomic mass is 10.2. The number of hydrogen-bond donors (Lipinski definition) is 1. The van der Waals surface area contributed by atoms with Gasteiger partial charge in [-0.25, -0.2) is 9.37 Å². The minimum Gasteiger partial charge on any atom is -0.473 e. The van der Waals surface area contributed by atoms with Gasteiger partial charge in [-0.05, 0) is 42.5 Å². The minimum absolute atomic E-state index is 0.144. The van der Waals surface area contributed by atoms with Crippen LogP contribution in [0.15, 0.2) is 48.9 Å². The summed E-state index contributed by atoms with van der Waals surface area (Å²) >= 11 is 1.85. The molecule has 28 heavy (non-hydrogen) atoms. The van der Waals surface area contributed by atoms with Gasteiger partial charge in [-0.3, -0.25) is 9.36 Å². The van der Waals surface area contributed by atoms with Gasteiger partial charge in [0.05, 0.1) is 6.54 Å². The van der Waals surface area contributed by atoms with E-state index in [9.17, 15) is 9.18 Å². The Hall–Kier alpha value is -2.94. The molecule has 144 valence electrons. The average Bonchev–Trinajstić information content (AvgIpc) is 3.39. The molecule has 2 aromatic heterocycles. The van der Waals surface area contributed by atoms with Gasteiger partial charge < -0.3 is 10.1 Å². The van der Waals surface area contributed by atoms with Crippen LogP contribution >= 0.6 is 11.8 Å². The van der Waals surface area contributed by atoms with Crippen molar-refractivity contribution in [2.45, 2.75) is 19.1 Å². The van der Waals surface area contributed by atoms with Crippen LogP contribution in [-0.4, -0.2) is 43.3 Å². The van der Waals surface area contributed by atoms with Crippen molar-refractivity contribution in [1.29, 1.82) is 0 Å². The number of carbonyl (C=O) groups is 1. The van der Waals surface area contributed by atoms with E-state index < -0.39 is 0 Å². The lowest BCUT2D eigenvalue weighted by molar-refractivity contribution is 0.0948. The van der Waals surface area contributed by atoms with Crippen molar-refractivity contribution < 1.29 is 13.9 Å². The summed E-state index contributed by atoms with van der Waals surface area (Å²) in [6, 6.07) is 9.24. The van der Waals surface area contributed by atoms with Crippen LogP contribution in [0.25, 0.3) is 5.69 Å². The number of carbonyl (C=O) groups excluding carboxylic acids is 1. The molecule has 1 aromatic carbocycles. The molecule has 3 aromatic rings.